The van der Waals surface area contributed by atoms with Crippen LogP contribution in [-0.4, -0.2) is 35.5 Å². The molecule has 1 fully saturated rings. The van der Waals surface area contributed by atoms with Crippen LogP contribution in [0.1, 0.15) is 78.6 Å². The molecule has 0 bridgehead atoms. The van der Waals surface area contributed by atoms with Crippen LogP contribution in [0.4, 0.5) is 0 Å². The average Bonchev–Trinajstić information content (AvgIpc) is 3.03. The van der Waals surface area contributed by atoms with Crippen LogP contribution in [-0.2, 0) is 9.53 Å². The van der Waals surface area contributed by atoms with Crippen LogP contribution in [0.15, 0.2) is 48.1 Å². The van der Waals surface area contributed by atoms with Crippen molar-refractivity contribution >= 4 is 5.97 Å². The highest BCUT2D eigenvalue weighted by Crippen LogP contribution is 2.43. The normalized spacial score (nSPS) is 25.4. The SMILES string of the molecule is C=C(/C=C\C(=C/C)C(O)CCCCC)[C@@H]1[C@@H](C/C=C\CCCC(=O)OC)[C@H](C)C[C@H]1O. The lowest BCUT2D eigenvalue weighted by molar-refractivity contribution is -0.140. The predicted octanol–water partition coefficient (Wildman–Crippen LogP) is 5.91. The zero-order valence-electron chi connectivity index (χ0n) is 20.1. The lowest BCUT2D eigenvalue weighted by Crippen LogP contribution is -2.21. The molecular formula is C27H44O4. The molecule has 0 saturated heterocycles. The summed E-state index contributed by atoms with van der Waals surface area (Å²) in [6, 6.07) is 0. The minimum atomic E-state index is -0.447. The Morgan fingerprint density at radius 1 is 1.23 bits per heavy atom. The Kier molecular flexibility index (Phi) is 13.4. The Labute approximate surface area is 189 Å². The molecule has 0 spiro atoms. The summed E-state index contributed by atoms with van der Waals surface area (Å²) in [5.74, 6) is 0.625. The first-order valence-corrected chi connectivity index (χ1v) is 12.0. The first-order valence-electron chi connectivity index (χ1n) is 12.0. The monoisotopic (exact) mass is 432 g/mol. The maximum Gasteiger partial charge on any atom is 0.305 e. The molecule has 0 radical (unpaired) electrons. The predicted molar refractivity (Wildman–Crippen MR) is 129 cm³/mol. The number of hydrogen-bond acceptors (Lipinski definition) is 4. The van der Waals surface area contributed by atoms with Gasteiger partial charge >= 0.3 is 5.97 Å². The largest absolute Gasteiger partial charge is 0.469 e. The van der Waals surface area contributed by atoms with E-state index < -0.39 is 6.10 Å². The van der Waals surface area contributed by atoms with E-state index in [1.807, 2.05) is 25.2 Å². The number of ether oxygens (including phenoxy) is 1. The van der Waals surface area contributed by atoms with Gasteiger partial charge in [0.05, 0.1) is 19.3 Å². The van der Waals surface area contributed by atoms with E-state index in [9.17, 15) is 15.0 Å². The van der Waals surface area contributed by atoms with Crippen molar-refractivity contribution in [3.05, 3.63) is 48.1 Å². The summed E-state index contributed by atoms with van der Waals surface area (Å²) >= 11 is 0. The highest BCUT2D eigenvalue weighted by molar-refractivity contribution is 5.69. The second-order valence-electron chi connectivity index (χ2n) is 8.85. The molecule has 1 unspecified atom stereocenters. The van der Waals surface area contributed by atoms with Gasteiger partial charge in [-0.25, -0.2) is 0 Å². The topological polar surface area (TPSA) is 66.8 Å². The molecule has 5 atom stereocenters. The number of aliphatic hydroxyl groups is 2. The van der Waals surface area contributed by atoms with E-state index >= 15 is 0 Å². The quantitative estimate of drug-likeness (QED) is 0.155. The van der Waals surface area contributed by atoms with E-state index in [2.05, 4.69) is 37.3 Å². The van der Waals surface area contributed by atoms with Crippen molar-refractivity contribution in [3.63, 3.8) is 0 Å². The maximum absolute atomic E-state index is 11.2. The smallest absolute Gasteiger partial charge is 0.305 e. The summed E-state index contributed by atoms with van der Waals surface area (Å²) < 4.78 is 4.66. The summed E-state index contributed by atoms with van der Waals surface area (Å²) in [6.45, 7) is 10.6. The maximum atomic E-state index is 11.2. The van der Waals surface area contributed by atoms with Gasteiger partial charge in [0.1, 0.15) is 0 Å². The Hall–Kier alpha value is -1.65. The Morgan fingerprint density at radius 3 is 2.61 bits per heavy atom. The van der Waals surface area contributed by atoms with Gasteiger partial charge in [0.2, 0.25) is 0 Å². The van der Waals surface area contributed by atoms with Gasteiger partial charge < -0.3 is 14.9 Å². The van der Waals surface area contributed by atoms with Crippen LogP contribution in [0, 0.1) is 17.8 Å². The van der Waals surface area contributed by atoms with Crippen molar-refractivity contribution in [3.8, 4) is 0 Å². The number of carbonyl (C=O) groups is 1. The molecule has 2 N–H and O–H groups in total. The van der Waals surface area contributed by atoms with Crippen LogP contribution in [0.3, 0.4) is 0 Å². The Morgan fingerprint density at radius 2 is 1.97 bits per heavy atom. The first kappa shape index (κ1) is 27.4. The van der Waals surface area contributed by atoms with E-state index in [1.54, 1.807) is 0 Å². The van der Waals surface area contributed by atoms with Crippen LogP contribution >= 0.6 is 0 Å². The number of rotatable bonds is 14. The third-order valence-electron chi connectivity index (χ3n) is 6.49. The summed E-state index contributed by atoms with van der Waals surface area (Å²) in [6.07, 6.45) is 17.2. The standard InChI is InChI=1S/C27H44O4/c1-6-8-11-15-24(28)22(7-2)18-17-20(3)27-23(21(4)19-25(27)29)14-12-9-10-13-16-26(30)31-5/h7,9,12,17-18,21,23-25,27-29H,3,6,8,10-11,13-16,19H2,1-2,4-5H3/b12-9-,18-17-,22-7+/t21-,23+,24?,25-,27-/m1/s1. The van der Waals surface area contributed by atoms with Crippen LogP contribution in [0.2, 0.25) is 0 Å². The third kappa shape index (κ3) is 9.57. The van der Waals surface area contributed by atoms with Crippen LogP contribution < -0.4 is 0 Å². The van der Waals surface area contributed by atoms with E-state index in [-0.39, 0.29) is 18.0 Å². The summed E-state index contributed by atoms with van der Waals surface area (Å²) in [5.41, 5.74) is 1.85. The number of methoxy groups -OCH3 is 1. The molecule has 176 valence electrons. The minimum Gasteiger partial charge on any atom is -0.469 e. The molecule has 0 amide bonds. The summed E-state index contributed by atoms with van der Waals surface area (Å²) in [7, 11) is 1.42. The highest BCUT2D eigenvalue weighted by Gasteiger charge is 2.40. The van der Waals surface area contributed by atoms with E-state index in [4.69, 9.17) is 0 Å². The second-order valence-corrected chi connectivity index (χ2v) is 8.85. The zero-order chi connectivity index (χ0) is 23.2. The molecule has 0 aromatic heterocycles. The van der Waals surface area contributed by atoms with E-state index in [1.165, 1.54) is 7.11 Å². The van der Waals surface area contributed by atoms with Gasteiger partial charge in [-0.1, -0.05) is 70.1 Å². The fourth-order valence-electron chi connectivity index (χ4n) is 4.55. The lowest BCUT2D eigenvalue weighted by Gasteiger charge is -2.24. The molecule has 0 aliphatic heterocycles. The summed E-state index contributed by atoms with van der Waals surface area (Å²) in [4.78, 5) is 11.2. The molecule has 1 aliphatic rings. The van der Waals surface area contributed by atoms with Gasteiger partial charge in [0.15, 0.2) is 0 Å². The van der Waals surface area contributed by atoms with Crippen molar-refractivity contribution in [2.75, 3.05) is 7.11 Å². The third-order valence-corrected chi connectivity index (χ3v) is 6.49. The molecule has 1 rings (SSSR count). The average molecular weight is 433 g/mol. The van der Waals surface area contributed by atoms with Crippen molar-refractivity contribution in [2.24, 2.45) is 17.8 Å². The number of aliphatic hydroxyl groups excluding tert-OH is 2. The number of esters is 1. The molecule has 4 nitrogen and oxygen atoms in total. The molecule has 0 heterocycles. The van der Waals surface area contributed by atoms with Gasteiger partial charge in [0.25, 0.3) is 0 Å². The van der Waals surface area contributed by atoms with Gasteiger partial charge in [0, 0.05) is 12.3 Å². The molecule has 4 heteroatoms. The van der Waals surface area contributed by atoms with Crippen molar-refractivity contribution < 1.29 is 19.7 Å². The van der Waals surface area contributed by atoms with E-state index in [0.717, 1.165) is 62.5 Å². The Bertz CT molecular complexity index is 631. The summed E-state index contributed by atoms with van der Waals surface area (Å²) in [5, 5.41) is 21.1. The van der Waals surface area contributed by atoms with E-state index in [0.29, 0.717) is 18.3 Å². The minimum absolute atomic E-state index is 0.0290. The first-order chi connectivity index (χ1) is 14.8. The van der Waals surface area contributed by atoms with Crippen LogP contribution in [0.5, 0.6) is 0 Å². The van der Waals surface area contributed by atoms with Gasteiger partial charge in [-0.2, -0.15) is 0 Å². The van der Waals surface area contributed by atoms with Crippen LogP contribution in [0.25, 0.3) is 0 Å². The fourth-order valence-corrected chi connectivity index (χ4v) is 4.55. The number of hydrogen-bond donors (Lipinski definition) is 2. The fraction of sp³-hybridized carbons (Fsp3) is 0.667. The van der Waals surface area contributed by atoms with Gasteiger partial charge in [-0.05, 0) is 62.0 Å². The van der Waals surface area contributed by atoms with Gasteiger partial charge in [-0.15, -0.1) is 0 Å². The number of carbonyl (C=O) groups excluding carboxylic acids is 1. The lowest BCUT2D eigenvalue weighted by atomic mass is 9.82. The van der Waals surface area contributed by atoms with Crippen molar-refractivity contribution in [1.82, 2.24) is 0 Å². The molecule has 0 aromatic carbocycles. The zero-order valence-corrected chi connectivity index (χ0v) is 20.1. The Balaban J connectivity index is 2.66. The number of unbranched alkanes of at least 4 members (excludes halogenated alkanes) is 3. The highest BCUT2D eigenvalue weighted by atomic mass is 16.5. The molecule has 0 aromatic rings. The molecule has 1 aliphatic carbocycles. The van der Waals surface area contributed by atoms with Gasteiger partial charge in [-0.3, -0.25) is 4.79 Å². The second kappa shape index (κ2) is 15.2. The van der Waals surface area contributed by atoms with Crippen molar-refractivity contribution in [1.29, 1.82) is 0 Å². The molecular weight excluding hydrogens is 388 g/mol. The molecule has 1 saturated carbocycles. The molecule has 31 heavy (non-hydrogen) atoms. The number of allylic oxidation sites excluding steroid dienone is 4. The van der Waals surface area contributed by atoms with Crippen molar-refractivity contribution in [2.45, 2.75) is 90.8 Å².